The van der Waals surface area contributed by atoms with Gasteiger partial charge < -0.3 is 10.4 Å². The molecule has 2 atom stereocenters. The first-order valence-corrected chi connectivity index (χ1v) is 7.13. The van der Waals surface area contributed by atoms with E-state index in [0.29, 0.717) is 12.1 Å². The second-order valence-corrected chi connectivity index (χ2v) is 5.61. The molecule has 1 aromatic carbocycles. The maximum absolute atomic E-state index is 13.0. The minimum absolute atomic E-state index is 0.297. The van der Waals surface area contributed by atoms with E-state index in [4.69, 9.17) is 0 Å². The number of aliphatic hydroxyl groups is 1. The van der Waals surface area contributed by atoms with Crippen molar-refractivity contribution in [1.82, 2.24) is 5.32 Å². The van der Waals surface area contributed by atoms with Crippen LogP contribution in [0.2, 0.25) is 0 Å². The zero-order valence-electron chi connectivity index (χ0n) is 9.73. The van der Waals surface area contributed by atoms with Crippen LogP contribution in [0.15, 0.2) is 24.3 Å². The molecular weight excluding hydrogens is 237 g/mol. The smallest absolute Gasteiger partial charge is 0.123 e. The molecular formula is C13H18FNOS. The lowest BCUT2D eigenvalue weighted by molar-refractivity contribution is 0.173. The summed E-state index contributed by atoms with van der Waals surface area (Å²) < 4.78 is 13.0. The number of nitrogens with one attached hydrogen (secondary N) is 1. The monoisotopic (exact) mass is 255 g/mol. The van der Waals surface area contributed by atoms with Gasteiger partial charge in [-0.2, -0.15) is 11.8 Å². The minimum Gasteiger partial charge on any atom is -0.387 e. The summed E-state index contributed by atoms with van der Waals surface area (Å²) in [4.78, 5) is 0. The van der Waals surface area contributed by atoms with Crippen LogP contribution in [0.5, 0.6) is 0 Å². The molecule has 2 nitrogen and oxygen atoms in total. The molecule has 94 valence electrons. The van der Waals surface area contributed by atoms with Crippen molar-refractivity contribution in [2.45, 2.75) is 12.5 Å². The third-order valence-corrected chi connectivity index (χ3v) is 4.26. The Labute approximate surface area is 106 Å². The molecule has 1 aliphatic rings. The topological polar surface area (TPSA) is 32.3 Å². The fourth-order valence-corrected chi connectivity index (χ4v) is 3.28. The van der Waals surface area contributed by atoms with Gasteiger partial charge in [-0.3, -0.25) is 0 Å². The van der Waals surface area contributed by atoms with Crippen LogP contribution in [0.25, 0.3) is 0 Å². The van der Waals surface area contributed by atoms with Crippen LogP contribution in [0.4, 0.5) is 4.39 Å². The van der Waals surface area contributed by atoms with E-state index in [0.717, 1.165) is 12.5 Å². The minimum atomic E-state index is -0.625. The molecule has 0 amide bonds. The van der Waals surface area contributed by atoms with Crippen molar-refractivity contribution < 1.29 is 9.50 Å². The number of hydrogen-bond acceptors (Lipinski definition) is 3. The highest BCUT2D eigenvalue weighted by atomic mass is 32.2. The molecule has 1 aliphatic heterocycles. The molecule has 0 aromatic heterocycles. The predicted octanol–water partition coefficient (Wildman–Crippen LogP) is 2.20. The van der Waals surface area contributed by atoms with Crippen LogP contribution in [-0.4, -0.2) is 29.7 Å². The molecule has 1 saturated heterocycles. The van der Waals surface area contributed by atoms with Gasteiger partial charge in [-0.05, 0) is 48.1 Å². The van der Waals surface area contributed by atoms with Gasteiger partial charge in [0.2, 0.25) is 0 Å². The van der Waals surface area contributed by atoms with Crippen molar-refractivity contribution in [2.24, 2.45) is 5.92 Å². The first-order chi connectivity index (χ1) is 8.25. The summed E-state index contributed by atoms with van der Waals surface area (Å²) in [6, 6.07) is 6.15. The predicted molar refractivity (Wildman–Crippen MR) is 69.7 cm³/mol. The molecule has 4 heteroatoms. The summed E-state index contributed by atoms with van der Waals surface area (Å²) in [6.07, 6.45) is 0.632. The van der Waals surface area contributed by atoms with Crippen molar-refractivity contribution in [1.29, 1.82) is 0 Å². The zero-order chi connectivity index (χ0) is 12.1. The fraction of sp³-hybridized carbons (Fsp3) is 0.538. The van der Waals surface area contributed by atoms with Gasteiger partial charge >= 0.3 is 0 Å². The van der Waals surface area contributed by atoms with Gasteiger partial charge in [0.15, 0.2) is 0 Å². The molecule has 0 radical (unpaired) electrons. The third-order valence-electron chi connectivity index (χ3n) is 3.03. The molecule has 2 rings (SSSR count). The largest absolute Gasteiger partial charge is 0.387 e. The first kappa shape index (κ1) is 12.9. The van der Waals surface area contributed by atoms with Crippen LogP contribution in [0, 0.1) is 11.7 Å². The first-order valence-electron chi connectivity index (χ1n) is 5.97. The Morgan fingerprint density at radius 1 is 1.53 bits per heavy atom. The third kappa shape index (κ3) is 3.98. The van der Waals surface area contributed by atoms with E-state index in [-0.39, 0.29) is 5.82 Å². The lowest BCUT2D eigenvalue weighted by Crippen LogP contribution is -2.27. The van der Waals surface area contributed by atoms with Crippen LogP contribution in [0.3, 0.4) is 0 Å². The summed E-state index contributed by atoms with van der Waals surface area (Å²) in [6.45, 7) is 1.43. The maximum Gasteiger partial charge on any atom is 0.123 e. The summed E-state index contributed by atoms with van der Waals surface area (Å²) in [5.74, 6) is 2.88. The van der Waals surface area contributed by atoms with E-state index in [1.807, 2.05) is 11.8 Å². The zero-order valence-corrected chi connectivity index (χ0v) is 10.5. The van der Waals surface area contributed by atoms with Crippen LogP contribution in [0.1, 0.15) is 18.1 Å². The molecule has 0 spiro atoms. The van der Waals surface area contributed by atoms with Gasteiger partial charge in [0.25, 0.3) is 0 Å². The molecule has 1 aromatic rings. The van der Waals surface area contributed by atoms with E-state index in [1.54, 1.807) is 12.1 Å². The van der Waals surface area contributed by atoms with Crippen LogP contribution in [-0.2, 0) is 0 Å². The molecule has 1 fully saturated rings. The highest BCUT2D eigenvalue weighted by Gasteiger charge is 2.15. The lowest BCUT2D eigenvalue weighted by atomic mass is 10.1. The van der Waals surface area contributed by atoms with Gasteiger partial charge in [-0.1, -0.05) is 12.1 Å². The fourth-order valence-electron chi connectivity index (χ4n) is 2.00. The number of hydrogen-bond donors (Lipinski definition) is 2. The van der Waals surface area contributed by atoms with Gasteiger partial charge in [-0.15, -0.1) is 0 Å². The Bertz CT molecular complexity index is 355. The second kappa shape index (κ2) is 6.38. The maximum atomic E-state index is 13.0. The van der Waals surface area contributed by atoms with Gasteiger partial charge in [-0.25, -0.2) is 4.39 Å². The van der Waals surface area contributed by atoms with Crippen molar-refractivity contribution >= 4 is 11.8 Å². The van der Waals surface area contributed by atoms with Crippen molar-refractivity contribution in [3.05, 3.63) is 35.6 Å². The number of halogens is 1. The van der Waals surface area contributed by atoms with Crippen molar-refractivity contribution in [3.63, 3.8) is 0 Å². The summed E-state index contributed by atoms with van der Waals surface area (Å²) >= 11 is 1.99. The molecule has 0 saturated carbocycles. The van der Waals surface area contributed by atoms with E-state index in [9.17, 15) is 9.50 Å². The van der Waals surface area contributed by atoms with Gasteiger partial charge in [0, 0.05) is 6.54 Å². The highest BCUT2D eigenvalue weighted by Crippen LogP contribution is 2.22. The molecule has 0 bridgehead atoms. The van der Waals surface area contributed by atoms with Crippen molar-refractivity contribution in [3.8, 4) is 0 Å². The summed E-state index contributed by atoms with van der Waals surface area (Å²) in [5, 5.41) is 13.1. The van der Waals surface area contributed by atoms with E-state index in [2.05, 4.69) is 5.32 Å². The Morgan fingerprint density at radius 3 is 3.12 bits per heavy atom. The molecule has 1 heterocycles. The number of thioether (sulfide) groups is 1. The van der Waals surface area contributed by atoms with Crippen molar-refractivity contribution in [2.75, 3.05) is 24.6 Å². The molecule has 2 unspecified atom stereocenters. The van der Waals surface area contributed by atoms with E-state index in [1.165, 1.54) is 30.1 Å². The standard InChI is InChI=1S/C13H18FNOS/c14-12-3-1-2-11(6-12)13(16)8-15-7-10-4-5-17-9-10/h1-3,6,10,13,15-16H,4-5,7-9H2. The van der Waals surface area contributed by atoms with E-state index < -0.39 is 6.10 Å². The van der Waals surface area contributed by atoms with Gasteiger partial charge in [0.05, 0.1) is 6.10 Å². The quantitative estimate of drug-likeness (QED) is 0.846. The molecule has 17 heavy (non-hydrogen) atoms. The Morgan fingerprint density at radius 2 is 2.41 bits per heavy atom. The average Bonchev–Trinajstić information content (AvgIpc) is 2.82. The SMILES string of the molecule is OC(CNCC1CCSC1)c1cccc(F)c1. The second-order valence-electron chi connectivity index (χ2n) is 4.46. The number of rotatable bonds is 5. The lowest BCUT2D eigenvalue weighted by Gasteiger charge is -2.14. The highest BCUT2D eigenvalue weighted by molar-refractivity contribution is 7.99. The van der Waals surface area contributed by atoms with E-state index >= 15 is 0 Å². The number of aliphatic hydroxyl groups excluding tert-OH is 1. The summed E-state index contributed by atoms with van der Waals surface area (Å²) in [7, 11) is 0. The number of benzene rings is 1. The van der Waals surface area contributed by atoms with Crippen LogP contribution >= 0.6 is 11.8 Å². The van der Waals surface area contributed by atoms with Crippen LogP contribution < -0.4 is 5.32 Å². The normalized spacial score (nSPS) is 21.6. The average molecular weight is 255 g/mol. The summed E-state index contributed by atoms with van der Waals surface area (Å²) in [5.41, 5.74) is 0.637. The Hall–Kier alpha value is -0.580. The molecule has 2 N–H and O–H groups in total. The van der Waals surface area contributed by atoms with Gasteiger partial charge in [0.1, 0.15) is 5.82 Å². The Kier molecular flexibility index (Phi) is 4.83. The molecule has 0 aliphatic carbocycles. The Balaban J connectivity index is 1.74.